The molecular weight excluding hydrogens is 410 g/mol. The van der Waals surface area contributed by atoms with Crippen molar-refractivity contribution in [2.24, 2.45) is 0 Å². The van der Waals surface area contributed by atoms with Gasteiger partial charge in [-0.1, -0.05) is 73.5 Å². The highest BCUT2D eigenvalue weighted by molar-refractivity contribution is 6.31. The molecule has 3 rings (SSSR count). The lowest BCUT2D eigenvalue weighted by Gasteiger charge is -2.18. The molecular formula is C25H30ClN3O2. The Labute approximate surface area is 189 Å². The summed E-state index contributed by atoms with van der Waals surface area (Å²) in [6.07, 6.45) is 5.55. The molecule has 31 heavy (non-hydrogen) atoms. The molecule has 5 nitrogen and oxygen atoms in total. The lowest BCUT2D eigenvalue weighted by molar-refractivity contribution is -0.143. The second kappa shape index (κ2) is 11.7. The van der Waals surface area contributed by atoms with Gasteiger partial charge in [0.05, 0.1) is 19.3 Å². The number of esters is 1. The van der Waals surface area contributed by atoms with E-state index in [-0.39, 0.29) is 5.97 Å². The third kappa shape index (κ3) is 6.42. The average Bonchev–Trinajstić information content (AvgIpc) is 3.18. The maximum Gasteiger partial charge on any atom is 0.323 e. The quantitative estimate of drug-likeness (QED) is 0.436. The van der Waals surface area contributed by atoms with Gasteiger partial charge in [-0.3, -0.25) is 10.1 Å². The fraction of sp³-hybridized carbons (Fsp3) is 0.360. The molecule has 6 heteroatoms. The molecule has 0 radical (unpaired) electrons. The van der Waals surface area contributed by atoms with Crippen LogP contribution in [0.1, 0.15) is 42.4 Å². The first kappa shape index (κ1) is 23.0. The number of nitrogens with one attached hydrogen (secondary N) is 1. The van der Waals surface area contributed by atoms with Gasteiger partial charge in [0.15, 0.2) is 0 Å². The number of unbranched alkanes of at least 4 members (excludes halogenated alkanes) is 1. The summed E-state index contributed by atoms with van der Waals surface area (Å²) < 4.78 is 7.24. The molecule has 0 aliphatic carbocycles. The van der Waals surface area contributed by atoms with Gasteiger partial charge in [0.1, 0.15) is 11.9 Å². The van der Waals surface area contributed by atoms with E-state index in [1.54, 1.807) is 0 Å². The number of carbonyl (C=O) groups excluding carboxylic acids is 1. The number of aryl methyl sites for hydroxylation is 1. The third-order valence-electron chi connectivity index (χ3n) is 5.36. The minimum Gasteiger partial charge on any atom is -0.468 e. The molecule has 1 aromatic heterocycles. The van der Waals surface area contributed by atoms with Crippen LogP contribution in [0.4, 0.5) is 0 Å². The molecule has 0 bridgehead atoms. The number of carbonyl (C=O) groups is 1. The highest BCUT2D eigenvalue weighted by Crippen LogP contribution is 2.19. The lowest BCUT2D eigenvalue weighted by atomic mass is 10.1. The fourth-order valence-corrected chi connectivity index (χ4v) is 3.77. The highest BCUT2D eigenvalue weighted by Gasteiger charge is 2.20. The SMILES string of the molecule is CCCCc1ncc(CNC(Cc2ccccc2)C(=O)OC)n1Cc1ccccc1Cl. The van der Waals surface area contributed by atoms with Crippen molar-refractivity contribution in [2.45, 2.75) is 51.7 Å². The Morgan fingerprint density at radius 1 is 1.16 bits per heavy atom. The molecule has 1 heterocycles. The van der Waals surface area contributed by atoms with Crippen molar-refractivity contribution in [3.63, 3.8) is 0 Å². The molecule has 0 saturated heterocycles. The Balaban J connectivity index is 1.79. The first-order valence-electron chi connectivity index (χ1n) is 10.7. The third-order valence-corrected chi connectivity index (χ3v) is 5.73. The van der Waals surface area contributed by atoms with Crippen LogP contribution in [-0.2, 0) is 35.5 Å². The largest absolute Gasteiger partial charge is 0.468 e. The molecule has 164 valence electrons. The van der Waals surface area contributed by atoms with Gasteiger partial charge in [-0.05, 0) is 30.0 Å². The van der Waals surface area contributed by atoms with E-state index in [0.717, 1.165) is 46.9 Å². The maximum absolute atomic E-state index is 12.4. The highest BCUT2D eigenvalue weighted by atomic mass is 35.5. The number of imidazole rings is 1. The Morgan fingerprint density at radius 2 is 1.90 bits per heavy atom. The van der Waals surface area contributed by atoms with Crippen LogP contribution in [0.3, 0.4) is 0 Å². The molecule has 0 spiro atoms. The zero-order chi connectivity index (χ0) is 22.1. The second-order valence-corrected chi connectivity index (χ2v) is 8.00. The summed E-state index contributed by atoms with van der Waals surface area (Å²) in [5.41, 5.74) is 3.15. The predicted octanol–water partition coefficient (Wildman–Crippen LogP) is 4.80. The summed E-state index contributed by atoms with van der Waals surface area (Å²) in [5.74, 6) is 0.767. The molecule has 0 aliphatic heterocycles. The molecule has 1 unspecified atom stereocenters. The van der Waals surface area contributed by atoms with Gasteiger partial charge < -0.3 is 9.30 Å². The minimum absolute atomic E-state index is 0.271. The molecule has 3 aromatic rings. The number of hydrogen-bond donors (Lipinski definition) is 1. The number of rotatable bonds is 11. The molecule has 0 saturated carbocycles. The van der Waals surface area contributed by atoms with Crippen molar-refractivity contribution >= 4 is 17.6 Å². The summed E-state index contributed by atoms with van der Waals surface area (Å²) in [4.78, 5) is 17.1. The van der Waals surface area contributed by atoms with Gasteiger partial charge in [0.25, 0.3) is 0 Å². The van der Waals surface area contributed by atoms with Crippen LogP contribution < -0.4 is 5.32 Å². The van der Waals surface area contributed by atoms with E-state index in [4.69, 9.17) is 16.3 Å². The number of benzene rings is 2. The van der Waals surface area contributed by atoms with Crippen molar-refractivity contribution in [2.75, 3.05) is 7.11 Å². The number of halogens is 1. The number of aromatic nitrogens is 2. The zero-order valence-electron chi connectivity index (χ0n) is 18.2. The predicted molar refractivity (Wildman–Crippen MR) is 124 cm³/mol. The van der Waals surface area contributed by atoms with Crippen LogP contribution in [-0.4, -0.2) is 28.7 Å². The van der Waals surface area contributed by atoms with E-state index in [2.05, 4.69) is 21.8 Å². The molecule has 0 aliphatic rings. The van der Waals surface area contributed by atoms with Crippen molar-refractivity contribution < 1.29 is 9.53 Å². The Bertz CT molecular complexity index is 972. The maximum atomic E-state index is 12.4. The van der Waals surface area contributed by atoms with Gasteiger partial charge in [0.2, 0.25) is 0 Å². The Morgan fingerprint density at radius 3 is 2.61 bits per heavy atom. The van der Waals surface area contributed by atoms with E-state index in [0.29, 0.717) is 19.5 Å². The van der Waals surface area contributed by atoms with Gasteiger partial charge in [-0.2, -0.15) is 0 Å². The Kier molecular flexibility index (Phi) is 8.68. The standard InChI is InChI=1S/C25H30ClN3O2/c1-3-4-14-24-28-17-21(29(24)18-20-12-8-9-13-22(20)26)16-27-23(25(30)31-2)15-19-10-6-5-7-11-19/h5-13,17,23,27H,3-4,14-16,18H2,1-2H3. The minimum atomic E-state index is -0.435. The summed E-state index contributed by atoms with van der Waals surface area (Å²) >= 11 is 6.42. The summed E-state index contributed by atoms with van der Waals surface area (Å²) in [6, 6.07) is 17.4. The van der Waals surface area contributed by atoms with Crippen molar-refractivity contribution in [3.05, 3.63) is 88.5 Å². The van der Waals surface area contributed by atoms with Gasteiger partial charge in [-0.15, -0.1) is 0 Å². The van der Waals surface area contributed by atoms with Gasteiger partial charge >= 0.3 is 5.97 Å². The molecule has 1 N–H and O–H groups in total. The van der Waals surface area contributed by atoms with Crippen LogP contribution in [0, 0.1) is 0 Å². The van der Waals surface area contributed by atoms with Crippen molar-refractivity contribution in [3.8, 4) is 0 Å². The first-order valence-corrected chi connectivity index (χ1v) is 11.1. The monoisotopic (exact) mass is 439 g/mol. The topological polar surface area (TPSA) is 56.1 Å². The lowest BCUT2D eigenvalue weighted by Crippen LogP contribution is -2.39. The summed E-state index contributed by atoms with van der Waals surface area (Å²) in [7, 11) is 1.42. The first-order chi connectivity index (χ1) is 15.1. The van der Waals surface area contributed by atoms with E-state index in [1.165, 1.54) is 7.11 Å². The van der Waals surface area contributed by atoms with Crippen LogP contribution in [0.15, 0.2) is 60.8 Å². The van der Waals surface area contributed by atoms with Crippen LogP contribution in [0.25, 0.3) is 0 Å². The van der Waals surface area contributed by atoms with Crippen LogP contribution >= 0.6 is 11.6 Å². The van der Waals surface area contributed by atoms with E-state index >= 15 is 0 Å². The summed E-state index contributed by atoms with van der Waals surface area (Å²) in [5, 5.41) is 4.12. The number of methoxy groups -OCH3 is 1. The smallest absolute Gasteiger partial charge is 0.323 e. The average molecular weight is 440 g/mol. The number of ether oxygens (including phenoxy) is 1. The fourth-order valence-electron chi connectivity index (χ4n) is 3.58. The number of nitrogens with zero attached hydrogens (tertiary/aromatic N) is 2. The normalized spacial score (nSPS) is 12.0. The molecule has 1 atom stereocenters. The van der Waals surface area contributed by atoms with Crippen molar-refractivity contribution in [1.29, 1.82) is 0 Å². The molecule has 0 fully saturated rings. The van der Waals surface area contributed by atoms with Crippen molar-refractivity contribution in [1.82, 2.24) is 14.9 Å². The summed E-state index contributed by atoms with van der Waals surface area (Å²) in [6.45, 7) is 3.34. The Hall–Kier alpha value is -2.63. The van der Waals surface area contributed by atoms with Gasteiger partial charge in [-0.25, -0.2) is 4.98 Å². The zero-order valence-corrected chi connectivity index (χ0v) is 18.9. The molecule has 0 amide bonds. The number of hydrogen-bond acceptors (Lipinski definition) is 4. The van der Waals surface area contributed by atoms with E-state index < -0.39 is 6.04 Å². The van der Waals surface area contributed by atoms with E-state index in [9.17, 15) is 4.79 Å². The van der Waals surface area contributed by atoms with E-state index in [1.807, 2.05) is 60.8 Å². The van der Waals surface area contributed by atoms with Crippen LogP contribution in [0.2, 0.25) is 5.02 Å². The molecule has 2 aromatic carbocycles. The second-order valence-electron chi connectivity index (χ2n) is 7.59. The van der Waals surface area contributed by atoms with Crippen LogP contribution in [0.5, 0.6) is 0 Å². The van der Waals surface area contributed by atoms with Gasteiger partial charge in [0, 0.05) is 24.2 Å².